The predicted octanol–water partition coefficient (Wildman–Crippen LogP) is 1.49. The molecule has 1 aromatic rings. The second-order valence-corrected chi connectivity index (χ2v) is 5.59. The Morgan fingerprint density at radius 2 is 2.17 bits per heavy atom. The van der Waals surface area contributed by atoms with Gasteiger partial charge in [0.2, 0.25) is 5.91 Å². The van der Waals surface area contributed by atoms with E-state index in [4.69, 9.17) is 11.6 Å². The lowest BCUT2D eigenvalue weighted by atomic mass is 10.2. The van der Waals surface area contributed by atoms with E-state index in [1.54, 1.807) is 12.1 Å². The molecule has 8 heteroatoms. The van der Waals surface area contributed by atoms with Gasteiger partial charge in [0.25, 0.3) is 5.91 Å². The zero-order valence-corrected chi connectivity index (χ0v) is 13.5. The number of halogens is 1. The fraction of sp³-hybridized carbons (Fsp3) is 0.400. The fourth-order valence-electron chi connectivity index (χ4n) is 2.17. The average molecular weight is 339 g/mol. The quantitative estimate of drug-likeness (QED) is 0.654. The molecule has 1 aliphatic heterocycles. The maximum atomic E-state index is 11.9. The van der Waals surface area contributed by atoms with Crippen molar-refractivity contribution in [3.05, 3.63) is 28.8 Å². The van der Waals surface area contributed by atoms with Gasteiger partial charge in [-0.1, -0.05) is 18.5 Å². The van der Waals surface area contributed by atoms with Crippen molar-refractivity contribution in [3.63, 3.8) is 0 Å². The molecule has 4 N–H and O–H groups in total. The molecule has 1 atom stereocenters. The maximum absolute atomic E-state index is 11.9. The molecule has 1 heterocycles. The third kappa shape index (κ3) is 4.59. The number of rotatable bonds is 5. The summed E-state index contributed by atoms with van der Waals surface area (Å²) >= 11 is 6.08. The van der Waals surface area contributed by atoms with E-state index in [1.807, 2.05) is 6.92 Å². The van der Waals surface area contributed by atoms with E-state index in [0.717, 1.165) is 6.42 Å². The lowest BCUT2D eigenvalue weighted by Gasteiger charge is -2.12. The molecule has 1 aliphatic rings. The van der Waals surface area contributed by atoms with Crippen LogP contribution in [0.2, 0.25) is 5.02 Å². The van der Waals surface area contributed by atoms with Crippen LogP contribution in [0.3, 0.4) is 0 Å². The summed E-state index contributed by atoms with van der Waals surface area (Å²) in [5, 5.41) is 10.8. The van der Waals surface area contributed by atoms with E-state index in [1.165, 1.54) is 6.07 Å². The summed E-state index contributed by atoms with van der Waals surface area (Å²) < 4.78 is 0. The Hall–Kier alpha value is -2.28. The number of carbonyl (C=O) groups excluding carboxylic acids is 3. The van der Waals surface area contributed by atoms with Crippen LogP contribution in [0.25, 0.3) is 0 Å². The van der Waals surface area contributed by atoms with Crippen LogP contribution in [0.5, 0.6) is 0 Å². The second kappa shape index (κ2) is 7.82. The lowest BCUT2D eigenvalue weighted by Crippen LogP contribution is -2.42. The van der Waals surface area contributed by atoms with Crippen LogP contribution in [0.15, 0.2) is 18.2 Å². The van der Waals surface area contributed by atoms with Crippen molar-refractivity contribution in [1.29, 1.82) is 0 Å². The zero-order valence-electron chi connectivity index (χ0n) is 12.7. The van der Waals surface area contributed by atoms with Crippen molar-refractivity contribution < 1.29 is 14.4 Å². The van der Waals surface area contributed by atoms with Crippen molar-refractivity contribution in [2.45, 2.75) is 25.8 Å². The number of amides is 4. The van der Waals surface area contributed by atoms with Crippen molar-refractivity contribution in [2.75, 3.05) is 18.4 Å². The van der Waals surface area contributed by atoms with E-state index < -0.39 is 12.1 Å². The average Bonchev–Trinajstić information content (AvgIpc) is 2.90. The summed E-state index contributed by atoms with van der Waals surface area (Å²) in [5.74, 6) is -0.448. The molecule has 1 unspecified atom stereocenters. The number of benzene rings is 1. The standard InChI is InChI=1S/C15H19ClN4O3/c1-2-6-17-13(21)10-4-3-9(8-11(10)16)19-15(23)20-12-5-7-18-14(12)22/h3-4,8,12H,2,5-7H2,1H3,(H,17,21)(H,18,22)(H2,19,20,23). The minimum atomic E-state index is -0.524. The minimum Gasteiger partial charge on any atom is -0.354 e. The molecule has 23 heavy (non-hydrogen) atoms. The molecule has 1 aromatic carbocycles. The van der Waals surface area contributed by atoms with E-state index in [9.17, 15) is 14.4 Å². The summed E-state index contributed by atoms with van der Waals surface area (Å²) in [6.45, 7) is 3.08. The van der Waals surface area contributed by atoms with Crippen LogP contribution in [0.1, 0.15) is 30.1 Å². The van der Waals surface area contributed by atoms with E-state index in [0.29, 0.717) is 30.8 Å². The van der Waals surface area contributed by atoms with Gasteiger partial charge in [0, 0.05) is 18.8 Å². The number of anilines is 1. The topological polar surface area (TPSA) is 99.3 Å². The molecule has 0 radical (unpaired) electrons. The van der Waals surface area contributed by atoms with Crippen molar-refractivity contribution in [2.24, 2.45) is 0 Å². The molecule has 1 saturated heterocycles. The van der Waals surface area contributed by atoms with Crippen LogP contribution < -0.4 is 21.3 Å². The normalized spacial score (nSPS) is 16.6. The molecule has 7 nitrogen and oxygen atoms in total. The molecule has 0 bridgehead atoms. The zero-order chi connectivity index (χ0) is 16.8. The highest BCUT2D eigenvalue weighted by Crippen LogP contribution is 2.21. The number of nitrogens with one attached hydrogen (secondary N) is 4. The first kappa shape index (κ1) is 17.1. The number of hydrogen-bond donors (Lipinski definition) is 4. The number of carbonyl (C=O) groups is 3. The minimum absolute atomic E-state index is 0.193. The summed E-state index contributed by atoms with van der Waals surface area (Å²) in [5.41, 5.74) is 0.791. The SMILES string of the molecule is CCCNC(=O)c1ccc(NC(=O)NC2CCNC2=O)cc1Cl. The third-order valence-corrected chi connectivity index (χ3v) is 3.67. The lowest BCUT2D eigenvalue weighted by molar-refractivity contribution is -0.120. The van der Waals surface area contributed by atoms with Gasteiger partial charge in [0.1, 0.15) is 6.04 Å². The second-order valence-electron chi connectivity index (χ2n) is 5.18. The number of urea groups is 1. The summed E-state index contributed by atoms with van der Waals surface area (Å²) in [7, 11) is 0. The molecule has 1 fully saturated rings. The van der Waals surface area contributed by atoms with Gasteiger partial charge in [-0.3, -0.25) is 9.59 Å². The highest BCUT2D eigenvalue weighted by Gasteiger charge is 2.25. The Balaban J connectivity index is 1.95. The molecule has 0 saturated carbocycles. The summed E-state index contributed by atoms with van der Waals surface area (Å²) in [6, 6.07) is 3.61. The van der Waals surface area contributed by atoms with E-state index >= 15 is 0 Å². The molecule has 0 spiro atoms. The number of hydrogen-bond acceptors (Lipinski definition) is 3. The molecule has 0 aromatic heterocycles. The Bertz CT molecular complexity index is 621. The molecule has 0 aliphatic carbocycles. The van der Waals surface area contributed by atoms with Crippen LogP contribution in [-0.2, 0) is 4.79 Å². The van der Waals surface area contributed by atoms with Crippen molar-refractivity contribution in [3.8, 4) is 0 Å². The van der Waals surface area contributed by atoms with Gasteiger partial charge in [-0.05, 0) is 31.0 Å². The van der Waals surface area contributed by atoms with Gasteiger partial charge in [-0.25, -0.2) is 4.79 Å². The van der Waals surface area contributed by atoms with E-state index in [-0.39, 0.29) is 16.8 Å². The molecule has 4 amide bonds. The molecule has 2 rings (SSSR count). The van der Waals surface area contributed by atoms with Gasteiger partial charge in [-0.2, -0.15) is 0 Å². The Kier molecular flexibility index (Phi) is 5.81. The van der Waals surface area contributed by atoms with Gasteiger partial charge in [0.05, 0.1) is 10.6 Å². The Morgan fingerprint density at radius 1 is 1.39 bits per heavy atom. The molecule has 124 valence electrons. The van der Waals surface area contributed by atoms with Gasteiger partial charge in [-0.15, -0.1) is 0 Å². The first-order valence-corrected chi connectivity index (χ1v) is 7.82. The largest absolute Gasteiger partial charge is 0.354 e. The summed E-state index contributed by atoms with van der Waals surface area (Å²) in [4.78, 5) is 35.1. The third-order valence-electron chi connectivity index (χ3n) is 3.36. The van der Waals surface area contributed by atoms with Crippen molar-refractivity contribution >= 4 is 35.1 Å². The highest BCUT2D eigenvalue weighted by atomic mass is 35.5. The first-order chi connectivity index (χ1) is 11.0. The smallest absolute Gasteiger partial charge is 0.319 e. The van der Waals surface area contributed by atoms with Crippen molar-refractivity contribution in [1.82, 2.24) is 16.0 Å². The highest BCUT2D eigenvalue weighted by molar-refractivity contribution is 6.34. The fourth-order valence-corrected chi connectivity index (χ4v) is 2.43. The van der Waals surface area contributed by atoms with E-state index in [2.05, 4.69) is 21.3 Å². The van der Waals surface area contributed by atoms with Gasteiger partial charge < -0.3 is 21.3 Å². The molecular formula is C15H19ClN4O3. The Morgan fingerprint density at radius 3 is 2.78 bits per heavy atom. The first-order valence-electron chi connectivity index (χ1n) is 7.44. The van der Waals surface area contributed by atoms with Gasteiger partial charge >= 0.3 is 6.03 Å². The van der Waals surface area contributed by atoms with Crippen LogP contribution in [-0.4, -0.2) is 37.0 Å². The van der Waals surface area contributed by atoms with Gasteiger partial charge in [0.15, 0.2) is 0 Å². The predicted molar refractivity (Wildman–Crippen MR) is 87.6 cm³/mol. The van der Waals surface area contributed by atoms with Crippen LogP contribution in [0, 0.1) is 0 Å². The Labute approximate surface area is 139 Å². The monoisotopic (exact) mass is 338 g/mol. The van der Waals surface area contributed by atoms with Crippen LogP contribution >= 0.6 is 11.6 Å². The molecular weight excluding hydrogens is 320 g/mol. The summed E-state index contributed by atoms with van der Waals surface area (Å²) in [6.07, 6.45) is 1.39. The van der Waals surface area contributed by atoms with Crippen LogP contribution in [0.4, 0.5) is 10.5 Å². The maximum Gasteiger partial charge on any atom is 0.319 e.